The molecule has 1 aromatic carbocycles. The summed E-state index contributed by atoms with van der Waals surface area (Å²) in [4.78, 5) is 0.334. The van der Waals surface area contributed by atoms with Crippen molar-refractivity contribution in [1.29, 1.82) is 0 Å². The van der Waals surface area contributed by atoms with Crippen molar-refractivity contribution in [2.75, 3.05) is 6.26 Å². The van der Waals surface area contributed by atoms with Crippen molar-refractivity contribution in [3.63, 3.8) is 0 Å². The molecule has 1 aliphatic rings. The summed E-state index contributed by atoms with van der Waals surface area (Å²) in [5, 5.41) is 15.2. The summed E-state index contributed by atoms with van der Waals surface area (Å²) in [6.07, 6.45) is 3.49. The van der Waals surface area contributed by atoms with Gasteiger partial charge in [-0.1, -0.05) is 12.1 Å². The third-order valence-corrected chi connectivity index (χ3v) is 4.96. The summed E-state index contributed by atoms with van der Waals surface area (Å²) in [5.41, 5.74) is 1.03. The molecule has 1 aromatic heterocycles. The standard InChI is InChI=1S/C14H19N5O2S/c1-10(11-3-7-13(8-4-11)22(2,20)21)15-9-14-16-17-18-19(14)12-5-6-12/h3-4,7-8,10,12,15H,5-6,9H2,1-2H3. The van der Waals surface area contributed by atoms with E-state index in [0.29, 0.717) is 17.5 Å². The second-order valence-corrected chi connectivity index (χ2v) is 7.73. The molecule has 1 unspecified atom stereocenters. The van der Waals surface area contributed by atoms with E-state index in [2.05, 4.69) is 20.8 Å². The van der Waals surface area contributed by atoms with E-state index in [-0.39, 0.29) is 6.04 Å². The van der Waals surface area contributed by atoms with Crippen LogP contribution in [0.25, 0.3) is 0 Å². The fourth-order valence-electron chi connectivity index (χ4n) is 2.30. The number of tetrazole rings is 1. The normalized spacial score (nSPS) is 16.6. The summed E-state index contributed by atoms with van der Waals surface area (Å²) in [6.45, 7) is 2.61. The summed E-state index contributed by atoms with van der Waals surface area (Å²) in [6, 6.07) is 7.47. The lowest BCUT2D eigenvalue weighted by atomic mass is 10.1. The van der Waals surface area contributed by atoms with Crippen molar-refractivity contribution < 1.29 is 8.42 Å². The first-order valence-electron chi connectivity index (χ1n) is 7.25. The van der Waals surface area contributed by atoms with Crippen LogP contribution in [0.4, 0.5) is 0 Å². The van der Waals surface area contributed by atoms with Crippen LogP contribution in [0.15, 0.2) is 29.2 Å². The van der Waals surface area contributed by atoms with Crippen LogP contribution in [0.2, 0.25) is 0 Å². The van der Waals surface area contributed by atoms with Gasteiger partial charge in [-0.25, -0.2) is 13.1 Å². The van der Waals surface area contributed by atoms with Gasteiger partial charge in [-0.15, -0.1) is 5.10 Å². The Morgan fingerprint density at radius 3 is 2.59 bits per heavy atom. The SMILES string of the molecule is CC(NCc1nnnn1C1CC1)c1ccc(S(C)(=O)=O)cc1. The Morgan fingerprint density at radius 1 is 1.32 bits per heavy atom. The van der Waals surface area contributed by atoms with Gasteiger partial charge >= 0.3 is 0 Å². The molecule has 2 aromatic rings. The zero-order valence-electron chi connectivity index (χ0n) is 12.6. The molecule has 7 nitrogen and oxygen atoms in total. The van der Waals surface area contributed by atoms with Gasteiger partial charge in [0.15, 0.2) is 15.7 Å². The number of nitrogens with zero attached hydrogens (tertiary/aromatic N) is 4. The van der Waals surface area contributed by atoms with Gasteiger partial charge in [0.25, 0.3) is 0 Å². The van der Waals surface area contributed by atoms with E-state index in [0.717, 1.165) is 24.2 Å². The van der Waals surface area contributed by atoms with Crippen LogP contribution >= 0.6 is 0 Å². The van der Waals surface area contributed by atoms with E-state index in [9.17, 15) is 8.42 Å². The summed E-state index contributed by atoms with van der Waals surface area (Å²) in [7, 11) is -3.15. The zero-order valence-corrected chi connectivity index (χ0v) is 13.4. The molecule has 0 amide bonds. The molecule has 1 heterocycles. The molecular formula is C14H19N5O2S. The maximum atomic E-state index is 11.5. The Hall–Kier alpha value is -1.80. The Kier molecular flexibility index (Phi) is 3.96. The van der Waals surface area contributed by atoms with Gasteiger partial charge in [-0.3, -0.25) is 0 Å². The lowest BCUT2D eigenvalue weighted by molar-refractivity contribution is 0.516. The van der Waals surface area contributed by atoms with Crippen molar-refractivity contribution in [3.05, 3.63) is 35.7 Å². The fourth-order valence-corrected chi connectivity index (χ4v) is 2.93. The van der Waals surface area contributed by atoms with E-state index < -0.39 is 9.84 Å². The van der Waals surface area contributed by atoms with Crippen LogP contribution in [0.3, 0.4) is 0 Å². The van der Waals surface area contributed by atoms with Crippen LogP contribution in [0.1, 0.15) is 43.2 Å². The van der Waals surface area contributed by atoms with Gasteiger partial charge in [0.1, 0.15) is 0 Å². The number of rotatable bonds is 6. The van der Waals surface area contributed by atoms with Crippen LogP contribution in [0, 0.1) is 0 Å². The number of hydrogen-bond acceptors (Lipinski definition) is 6. The number of aromatic nitrogens is 4. The van der Waals surface area contributed by atoms with Crippen LogP contribution in [-0.4, -0.2) is 34.9 Å². The second kappa shape index (κ2) is 5.77. The Labute approximate surface area is 129 Å². The molecule has 118 valence electrons. The van der Waals surface area contributed by atoms with Crippen molar-refractivity contribution in [1.82, 2.24) is 25.5 Å². The first-order chi connectivity index (χ1) is 10.4. The van der Waals surface area contributed by atoms with Crippen molar-refractivity contribution in [2.24, 2.45) is 0 Å². The number of nitrogens with one attached hydrogen (secondary N) is 1. The first-order valence-corrected chi connectivity index (χ1v) is 9.14. The Morgan fingerprint density at radius 2 is 2.00 bits per heavy atom. The molecule has 0 bridgehead atoms. The first kappa shape index (κ1) is 15.1. The molecule has 0 spiro atoms. The molecule has 1 fully saturated rings. The largest absolute Gasteiger partial charge is 0.303 e. The minimum Gasteiger partial charge on any atom is -0.303 e. The smallest absolute Gasteiger partial charge is 0.175 e. The highest BCUT2D eigenvalue weighted by Gasteiger charge is 2.27. The average Bonchev–Trinajstić information content (AvgIpc) is 3.22. The molecule has 8 heteroatoms. The van der Waals surface area contributed by atoms with Gasteiger partial charge in [0, 0.05) is 12.3 Å². The lowest BCUT2D eigenvalue weighted by Crippen LogP contribution is -2.21. The van der Waals surface area contributed by atoms with Crippen molar-refractivity contribution in [2.45, 2.75) is 43.3 Å². The molecule has 22 heavy (non-hydrogen) atoms. The van der Waals surface area contributed by atoms with Gasteiger partial charge in [0.05, 0.1) is 17.5 Å². The number of sulfone groups is 1. The van der Waals surface area contributed by atoms with E-state index >= 15 is 0 Å². The van der Waals surface area contributed by atoms with Crippen LogP contribution in [-0.2, 0) is 16.4 Å². The quantitative estimate of drug-likeness (QED) is 0.861. The Balaban J connectivity index is 1.64. The van der Waals surface area contributed by atoms with Gasteiger partial charge in [0.2, 0.25) is 0 Å². The van der Waals surface area contributed by atoms with Gasteiger partial charge in [-0.2, -0.15) is 0 Å². The topological polar surface area (TPSA) is 89.8 Å². The van der Waals surface area contributed by atoms with E-state index in [4.69, 9.17) is 0 Å². The maximum absolute atomic E-state index is 11.5. The predicted molar refractivity (Wildman–Crippen MR) is 80.9 cm³/mol. The minimum atomic E-state index is -3.15. The van der Waals surface area contributed by atoms with E-state index in [1.54, 1.807) is 12.1 Å². The molecule has 0 radical (unpaired) electrons. The van der Waals surface area contributed by atoms with Crippen molar-refractivity contribution >= 4 is 9.84 Å². The third-order valence-electron chi connectivity index (χ3n) is 3.83. The van der Waals surface area contributed by atoms with Crippen LogP contribution < -0.4 is 5.32 Å². The number of hydrogen-bond donors (Lipinski definition) is 1. The molecule has 1 N–H and O–H groups in total. The molecular weight excluding hydrogens is 302 g/mol. The zero-order chi connectivity index (χ0) is 15.7. The second-order valence-electron chi connectivity index (χ2n) is 5.71. The summed E-state index contributed by atoms with van der Waals surface area (Å²) >= 11 is 0. The van der Waals surface area contributed by atoms with Gasteiger partial charge in [-0.05, 0) is 47.9 Å². The fraction of sp³-hybridized carbons (Fsp3) is 0.500. The highest BCUT2D eigenvalue weighted by molar-refractivity contribution is 7.90. The maximum Gasteiger partial charge on any atom is 0.175 e. The number of benzene rings is 1. The molecule has 3 rings (SSSR count). The summed E-state index contributed by atoms with van der Waals surface area (Å²) < 4.78 is 24.8. The monoisotopic (exact) mass is 321 g/mol. The predicted octanol–water partition coefficient (Wildman–Crippen LogP) is 1.26. The highest BCUT2D eigenvalue weighted by Crippen LogP contribution is 2.34. The molecule has 1 aliphatic carbocycles. The summed E-state index contributed by atoms with van der Waals surface area (Å²) in [5.74, 6) is 0.835. The van der Waals surface area contributed by atoms with Gasteiger partial charge < -0.3 is 5.32 Å². The minimum absolute atomic E-state index is 0.0814. The Bertz CT molecular complexity index is 750. The third kappa shape index (κ3) is 3.33. The van der Waals surface area contributed by atoms with Crippen molar-refractivity contribution in [3.8, 4) is 0 Å². The molecule has 1 saturated carbocycles. The highest BCUT2D eigenvalue weighted by atomic mass is 32.2. The lowest BCUT2D eigenvalue weighted by Gasteiger charge is -2.14. The van der Waals surface area contributed by atoms with Crippen LogP contribution in [0.5, 0.6) is 0 Å². The average molecular weight is 321 g/mol. The van der Waals surface area contributed by atoms with E-state index in [1.807, 2.05) is 23.7 Å². The molecule has 0 saturated heterocycles. The molecule has 1 atom stereocenters. The molecule has 0 aliphatic heterocycles. The van der Waals surface area contributed by atoms with E-state index in [1.165, 1.54) is 6.26 Å².